The Labute approximate surface area is 201 Å². The molecule has 0 spiro atoms. The number of rotatable bonds is 8. The fourth-order valence-corrected chi connectivity index (χ4v) is 5.30. The molecule has 0 aliphatic heterocycles. The van der Waals surface area contributed by atoms with Gasteiger partial charge in [0.25, 0.3) is 5.91 Å². The van der Waals surface area contributed by atoms with Crippen molar-refractivity contribution in [1.29, 1.82) is 0 Å². The van der Waals surface area contributed by atoms with Crippen LogP contribution in [0.25, 0.3) is 16.9 Å². The van der Waals surface area contributed by atoms with Gasteiger partial charge in [0.15, 0.2) is 15.5 Å². The van der Waals surface area contributed by atoms with Gasteiger partial charge in [0, 0.05) is 38.1 Å². The van der Waals surface area contributed by atoms with Gasteiger partial charge in [-0.1, -0.05) is 13.8 Å². The van der Waals surface area contributed by atoms with Crippen molar-refractivity contribution >= 4 is 27.1 Å². The predicted molar refractivity (Wildman–Crippen MR) is 128 cm³/mol. The molecule has 10 nitrogen and oxygen atoms in total. The number of hydrogen-bond donors (Lipinski definition) is 1. The first-order valence-electron chi connectivity index (χ1n) is 10.9. The third-order valence-corrected chi connectivity index (χ3v) is 7.09. The Kier molecular flexibility index (Phi) is 6.57. The van der Waals surface area contributed by atoms with E-state index in [0.29, 0.717) is 5.65 Å². The highest BCUT2D eigenvalue weighted by Gasteiger charge is 2.24. The summed E-state index contributed by atoms with van der Waals surface area (Å²) in [7, 11) is -1.97. The summed E-state index contributed by atoms with van der Waals surface area (Å²) in [4.78, 5) is 17.3. The van der Waals surface area contributed by atoms with E-state index >= 15 is 0 Å². The molecule has 3 aromatic heterocycles. The van der Waals surface area contributed by atoms with Gasteiger partial charge in [0.1, 0.15) is 17.0 Å². The molecule has 1 amide bonds. The van der Waals surface area contributed by atoms with Crippen LogP contribution in [0, 0.1) is 5.92 Å². The minimum atomic E-state index is -3.61. The number of aryl methyl sites for hydroxylation is 1. The van der Waals surface area contributed by atoms with Gasteiger partial charge >= 0.3 is 0 Å². The summed E-state index contributed by atoms with van der Waals surface area (Å²) in [6, 6.07) is 5.86. The molecule has 1 N–H and O–H groups in total. The van der Waals surface area contributed by atoms with E-state index in [0.717, 1.165) is 0 Å². The quantitative estimate of drug-likeness (QED) is 0.393. The van der Waals surface area contributed by atoms with Crippen molar-refractivity contribution in [1.82, 2.24) is 24.4 Å². The van der Waals surface area contributed by atoms with Gasteiger partial charge in [-0.25, -0.2) is 22.3 Å². The Morgan fingerprint density at radius 1 is 1.26 bits per heavy atom. The zero-order chi connectivity index (χ0) is 25.3. The molecular weight excluding hydrogens is 475 g/mol. The van der Waals surface area contributed by atoms with Gasteiger partial charge < -0.3 is 10.1 Å². The van der Waals surface area contributed by atoms with E-state index in [1.54, 1.807) is 31.7 Å². The van der Waals surface area contributed by atoms with Crippen LogP contribution in [0.3, 0.4) is 0 Å². The maximum absolute atomic E-state index is 13.8. The average Bonchev–Trinajstić information content (AvgIpc) is 3.36. The molecule has 1 aromatic carbocycles. The molecule has 0 bridgehead atoms. The second-order valence-corrected chi connectivity index (χ2v) is 10.5. The normalized spacial score (nSPS) is 12.7. The van der Waals surface area contributed by atoms with Gasteiger partial charge in [0.05, 0.1) is 22.5 Å². The summed E-state index contributed by atoms with van der Waals surface area (Å²) in [5.41, 5.74) is 1.34. The van der Waals surface area contributed by atoms with Crippen LogP contribution in [0.5, 0.6) is 5.75 Å². The lowest BCUT2D eigenvalue weighted by molar-refractivity contribution is 0.0865. The minimum absolute atomic E-state index is 0.0508. The highest BCUT2D eigenvalue weighted by atomic mass is 32.2. The van der Waals surface area contributed by atoms with Gasteiger partial charge in [-0.3, -0.25) is 9.48 Å². The Morgan fingerprint density at radius 3 is 2.74 bits per heavy atom. The number of carbonyl (C=O) groups excluding carboxylic acids is 1. The predicted octanol–water partition coefficient (Wildman–Crippen LogP) is 3.51. The first-order chi connectivity index (χ1) is 16.5. The molecule has 4 rings (SSSR count). The average molecular weight is 501 g/mol. The molecule has 0 fully saturated rings. The molecule has 1 atom stereocenters. The maximum Gasteiger partial charge on any atom is 0.261 e. The van der Waals surface area contributed by atoms with Gasteiger partial charge in [-0.15, -0.1) is 0 Å². The van der Waals surface area contributed by atoms with E-state index in [4.69, 9.17) is 4.74 Å². The standard InChI is InChI=1S/C23H25FN6O4S/c1-14(2)13-35(32,33)16-6-7-20(34-15(3)24)17(10-16)21-19(12-29(4)28-21)27-23(31)18-11-26-30-9-5-8-25-22(18)30/h5-12,14-15H,13H2,1-4H3,(H,27,31). The van der Waals surface area contributed by atoms with Gasteiger partial charge in [-0.05, 0) is 30.2 Å². The molecule has 0 radical (unpaired) electrons. The summed E-state index contributed by atoms with van der Waals surface area (Å²) >= 11 is 0. The first-order valence-corrected chi connectivity index (χ1v) is 12.5. The zero-order valence-electron chi connectivity index (χ0n) is 19.6. The number of anilines is 1. The second-order valence-electron chi connectivity index (χ2n) is 8.46. The maximum atomic E-state index is 13.8. The summed E-state index contributed by atoms with van der Waals surface area (Å²) in [6.45, 7) is 4.83. The minimum Gasteiger partial charge on any atom is -0.460 e. The van der Waals surface area contributed by atoms with Crippen LogP contribution >= 0.6 is 0 Å². The van der Waals surface area contributed by atoms with Crippen molar-refractivity contribution in [2.24, 2.45) is 13.0 Å². The Balaban J connectivity index is 1.78. The number of aromatic nitrogens is 5. The van der Waals surface area contributed by atoms with Crippen molar-refractivity contribution in [2.75, 3.05) is 11.1 Å². The van der Waals surface area contributed by atoms with Gasteiger partial charge in [-0.2, -0.15) is 10.2 Å². The third-order valence-electron chi connectivity index (χ3n) is 5.01. The molecule has 0 aliphatic carbocycles. The van der Waals surface area contributed by atoms with Crippen molar-refractivity contribution < 1.29 is 22.3 Å². The number of benzene rings is 1. The number of sulfone groups is 1. The number of fused-ring (bicyclic) bond motifs is 1. The van der Waals surface area contributed by atoms with E-state index in [1.807, 2.05) is 13.8 Å². The number of amides is 1. The van der Waals surface area contributed by atoms with Crippen LogP contribution in [0.15, 0.2) is 53.9 Å². The van der Waals surface area contributed by atoms with E-state index in [9.17, 15) is 17.6 Å². The fourth-order valence-electron chi connectivity index (χ4n) is 3.66. The smallest absolute Gasteiger partial charge is 0.261 e. The molecule has 4 aromatic rings. The number of halogens is 1. The molecule has 0 saturated heterocycles. The molecule has 35 heavy (non-hydrogen) atoms. The Morgan fingerprint density at radius 2 is 2.03 bits per heavy atom. The van der Waals surface area contributed by atoms with Crippen molar-refractivity contribution in [3.63, 3.8) is 0 Å². The van der Waals surface area contributed by atoms with Crippen LogP contribution in [0.4, 0.5) is 10.1 Å². The topological polar surface area (TPSA) is 120 Å². The molecule has 1 unspecified atom stereocenters. The van der Waals surface area contributed by atoms with E-state index in [2.05, 4.69) is 20.5 Å². The van der Waals surface area contributed by atoms with E-state index in [-0.39, 0.29) is 44.8 Å². The molecule has 12 heteroatoms. The number of carbonyl (C=O) groups is 1. The van der Waals surface area contributed by atoms with Crippen molar-refractivity contribution in [3.05, 3.63) is 54.6 Å². The van der Waals surface area contributed by atoms with E-state index in [1.165, 1.54) is 40.5 Å². The largest absolute Gasteiger partial charge is 0.460 e. The van der Waals surface area contributed by atoms with Crippen molar-refractivity contribution in [3.8, 4) is 17.0 Å². The lowest BCUT2D eigenvalue weighted by Crippen LogP contribution is -2.14. The van der Waals surface area contributed by atoms with Crippen LogP contribution in [0.2, 0.25) is 0 Å². The number of nitrogens with zero attached hydrogens (tertiary/aromatic N) is 5. The zero-order valence-corrected chi connectivity index (χ0v) is 20.5. The fraction of sp³-hybridized carbons (Fsp3) is 0.304. The molecule has 184 valence electrons. The number of alkyl halides is 1. The summed E-state index contributed by atoms with van der Waals surface area (Å²) in [5.74, 6) is -0.540. The Bertz CT molecular complexity index is 1490. The highest BCUT2D eigenvalue weighted by molar-refractivity contribution is 7.91. The second kappa shape index (κ2) is 9.45. The summed E-state index contributed by atoms with van der Waals surface area (Å²) in [6.07, 6.45) is 4.52. The molecule has 0 aliphatic rings. The monoisotopic (exact) mass is 500 g/mol. The SMILES string of the molecule is CC(C)CS(=O)(=O)c1ccc(OC(C)F)c(-c2nn(C)cc2NC(=O)c2cnn3cccnc23)c1. The lowest BCUT2D eigenvalue weighted by Gasteiger charge is -2.15. The van der Waals surface area contributed by atoms with Crippen LogP contribution < -0.4 is 10.1 Å². The third kappa shape index (κ3) is 5.16. The lowest BCUT2D eigenvalue weighted by atomic mass is 10.1. The van der Waals surface area contributed by atoms with Crippen molar-refractivity contribution in [2.45, 2.75) is 32.0 Å². The highest BCUT2D eigenvalue weighted by Crippen LogP contribution is 2.37. The van der Waals surface area contributed by atoms with Crippen LogP contribution in [-0.2, 0) is 16.9 Å². The molecule has 0 saturated carbocycles. The van der Waals surface area contributed by atoms with Crippen LogP contribution in [-0.4, -0.2) is 50.8 Å². The summed E-state index contributed by atoms with van der Waals surface area (Å²) in [5, 5.41) is 11.3. The Hall–Kier alpha value is -3.80. The van der Waals surface area contributed by atoms with Gasteiger partial charge in [0.2, 0.25) is 6.36 Å². The number of nitrogens with one attached hydrogen (secondary N) is 1. The number of ether oxygens (including phenoxy) is 1. The molecule has 3 heterocycles. The first kappa shape index (κ1) is 24.3. The van der Waals surface area contributed by atoms with E-state index < -0.39 is 22.1 Å². The van der Waals surface area contributed by atoms with Crippen LogP contribution in [0.1, 0.15) is 31.1 Å². The number of hydrogen-bond acceptors (Lipinski definition) is 7. The summed E-state index contributed by atoms with van der Waals surface area (Å²) < 4.78 is 47.8. The molecular formula is C23H25FN6O4S.